The molecular weight excluding hydrogens is 236 g/mol. The van der Waals surface area contributed by atoms with E-state index in [0.29, 0.717) is 23.9 Å². The van der Waals surface area contributed by atoms with Gasteiger partial charge < -0.3 is 10.2 Å². The van der Waals surface area contributed by atoms with Crippen LogP contribution in [0, 0.1) is 11.8 Å². The molecule has 2 aliphatic rings. The van der Waals surface area contributed by atoms with E-state index in [1.54, 1.807) is 0 Å². The van der Waals surface area contributed by atoms with E-state index in [0.717, 1.165) is 25.3 Å². The molecule has 0 aromatic heterocycles. The monoisotopic (exact) mass is 266 g/mol. The Morgan fingerprint density at radius 3 is 2.58 bits per heavy atom. The molecule has 0 aromatic rings. The van der Waals surface area contributed by atoms with Gasteiger partial charge in [-0.1, -0.05) is 40.5 Å². The fourth-order valence-electron chi connectivity index (χ4n) is 3.78. The molecule has 0 radical (unpaired) electrons. The minimum Gasteiger partial charge on any atom is -0.338 e. The molecular formula is C16H30N2O. The Morgan fingerprint density at radius 2 is 1.89 bits per heavy atom. The highest BCUT2D eigenvalue weighted by Crippen LogP contribution is 2.34. The van der Waals surface area contributed by atoms with E-state index in [1.165, 1.54) is 19.3 Å². The average molecular weight is 266 g/mol. The highest BCUT2D eigenvalue weighted by molar-refractivity contribution is 5.83. The third-order valence-corrected chi connectivity index (χ3v) is 5.07. The summed E-state index contributed by atoms with van der Waals surface area (Å²) in [5, 5.41) is 3.44. The normalized spacial score (nSPS) is 36.9. The fourth-order valence-corrected chi connectivity index (χ4v) is 3.78. The van der Waals surface area contributed by atoms with E-state index in [-0.39, 0.29) is 6.04 Å². The van der Waals surface area contributed by atoms with Gasteiger partial charge in [-0.2, -0.15) is 0 Å². The van der Waals surface area contributed by atoms with Crippen molar-refractivity contribution in [3.8, 4) is 0 Å². The molecule has 0 bridgehead atoms. The highest BCUT2D eigenvalue weighted by Gasteiger charge is 2.38. The number of amides is 1. The SMILES string of the molecule is CC(C)NC1CCCN(C2CCCC(C)C2C)C1=O. The quantitative estimate of drug-likeness (QED) is 0.852. The average Bonchev–Trinajstić information content (AvgIpc) is 2.35. The first-order valence-electron chi connectivity index (χ1n) is 8.07. The van der Waals surface area contributed by atoms with Gasteiger partial charge in [0.05, 0.1) is 6.04 Å². The van der Waals surface area contributed by atoms with Gasteiger partial charge in [-0.25, -0.2) is 0 Å². The molecule has 0 aromatic carbocycles. The van der Waals surface area contributed by atoms with E-state index in [1.807, 2.05) is 0 Å². The standard InChI is InChI=1S/C16H30N2O/c1-11(2)17-14-8-6-10-18(16(14)19)15-9-5-7-12(3)13(15)4/h11-15,17H,5-10H2,1-4H3. The third-order valence-electron chi connectivity index (χ3n) is 5.07. The molecule has 1 amide bonds. The number of piperidine rings is 1. The molecule has 4 unspecified atom stereocenters. The zero-order valence-electron chi connectivity index (χ0n) is 13.0. The van der Waals surface area contributed by atoms with Crippen molar-refractivity contribution in [2.24, 2.45) is 11.8 Å². The molecule has 0 spiro atoms. The molecule has 3 nitrogen and oxygen atoms in total. The number of nitrogens with one attached hydrogen (secondary N) is 1. The predicted molar refractivity (Wildman–Crippen MR) is 79.0 cm³/mol. The highest BCUT2D eigenvalue weighted by atomic mass is 16.2. The third kappa shape index (κ3) is 3.31. The van der Waals surface area contributed by atoms with E-state index in [9.17, 15) is 4.79 Å². The second-order valence-electron chi connectivity index (χ2n) is 6.88. The van der Waals surface area contributed by atoms with Gasteiger partial charge in [0.15, 0.2) is 0 Å². The molecule has 1 heterocycles. The first kappa shape index (κ1) is 14.8. The summed E-state index contributed by atoms with van der Waals surface area (Å²) >= 11 is 0. The van der Waals surface area contributed by atoms with Crippen molar-refractivity contribution in [3.05, 3.63) is 0 Å². The molecule has 1 saturated heterocycles. The van der Waals surface area contributed by atoms with Crippen LogP contribution in [0.4, 0.5) is 0 Å². The van der Waals surface area contributed by atoms with Gasteiger partial charge in [-0.05, 0) is 31.1 Å². The molecule has 4 atom stereocenters. The van der Waals surface area contributed by atoms with E-state index in [2.05, 4.69) is 37.9 Å². The van der Waals surface area contributed by atoms with Gasteiger partial charge in [-0.3, -0.25) is 4.79 Å². The summed E-state index contributed by atoms with van der Waals surface area (Å²) in [5.41, 5.74) is 0. The van der Waals surface area contributed by atoms with Gasteiger partial charge >= 0.3 is 0 Å². The molecule has 19 heavy (non-hydrogen) atoms. The maximum Gasteiger partial charge on any atom is 0.239 e. The molecule has 110 valence electrons. The van der Waals surface area contributed by atoms with Crippen molar-refractivity contribution in [3.63, 3.8) is 0 Å². The van der Waals surface area contributed by atoms with E-state index < -0.39 is 0 Å². The Labute approximate surface area is 118 Å². The lowest BCUT2D eigenvalue weighted by molar-refractivity contribution is -0.141. The summed E-state index contributed by atoms with van der Waals surface area (Å²) in [6, 6.07) is 0.919. The summed E-state index contributed by atoms with van der Waals surface area (Å²) in [5.74, 6) is 1.76. The number of hydrogen-bond donors (Lipinski definition) is 1. The summed E-state index contributed by atoms with van der Waals surface area (Å²) in [7, 11) is 0. The summed E-state index contributed by atoms with van der Waals surface area (Å²) < 4.78 is 0. The minimum absolute atomic E-state index is 0.0539. The molecule has 2 rings (SSSR count). The van der Waals surface area contributed by atoms with Crippen LogP contribution < -0.4 is 5.32 Å². The first-order valence-corrected chi connectivity index (χ1v) is 8.07. The smallest absolute Gasteiger partial charge is 0.239 e. The molecule has 1 saturated carbocycles. The lowest BCUT2D eigenvalue weighted by atomic mass is 9.76. The number of rotatable bonds is 3. The lowest BCUT2D eigenvalue weighted by Gasteiger charge is -2.45. The van der Waals surface area contributed by atoms with Gasteiger partial charge in [0, 0.05) is 18.6 Å². The van der Waals surface area contributed by atoms with Crippen LogP contribution in [-0.4, -0.2) is 35.5 Å². The Balaban J connectivity index is 2.04. The second kappa shape index (κ2) is 6.25. The summed E-state index contributed by atoms with van der Waals surface area (Å²) in [6.07, 6.45) is 5.96. The number of carbonyl (C=O) groups is 1. The molecule has 2 fully saturated rings. The van der Waals surface area contributed by atoms with Gasteiger partial charge in [0.1, 0.15) is 0 Å². The van der Waals surface area contributed by atoms with Crippen LogP contribution in [0.25, 0.3) is 0 Å². The Morgan fingerprint density at radius 1 is 1.16 bits per heavy atom. The van der Waals surface area contributed by atoms with Crippen molar-refractivity contribution < 1.29 is 4.79 Å². The van der Waals surface area contributed by atoms with Crippen LogP contribution in [0.15, 0.2) is 0 Å². The van der Waals surface area contributed by atoms with Gasteiger partial charge in [0.25, 0.3) is 0 Å². The zero-order valence-corrected chi connectivity index (χ0v) is 13.0. The van der Waals surface area contributed by atoms with Crippen molar-refractivity contribution in [2.75, 3.05) is 6.54 Å². The van der Waals surface area contributed by atoms with Crippen molar-refractivity contribution in [1.29, 1.82) is 0 Å². The van der Waals surface area contributed by atoms with Crippen LogP contribution in [0.2, 0.25) is 0 Å². The van der Waals surface area contributed by atoms with Crippen molar-refractivity contribution >= 4 is 5.91 Å². The van der Waals surface area contributed by atoms with Crippen LogP contribution in [0.3, 0.4) is 0 Å². The summed E-state index contributed by atoms with van der Waals surface area (Å²) in [4.78, 5) is 14.9. The Hall–Kier alpha value is -0.570. The fraction of sp³-hybridized carbons (Fsp3) is 0.938. The Kier molecular flexibility index (Phi) is 4.88. The van der Waals surface area contributed by atoms with Gasteiger partial charge in [-0.15, -0.1) is 0 Å². The maximum absolute atomic E-state index is 12.7. The lowest BCUT2D eigenvalue weighted by Crippen LogP contribution is -2.57. The molecule has 3 heteroatoms. The summed E-state index contributed by atoms with van der Waals surface area (Å²) in [6.45, 7) is 9.89. The number of hydrogen-bond acceptors (Lipinski definition) is 2. The minimum atomic E-state index is 0.0539. The van der Waals surface area contributed by atoms with Crippen LogP contribution >= 0.6 is 0 Å². The van der Waals surface area contributed by atoms with Crippen molar-refractivity contribution in [2.45, 2.75) is 77.9 Å². The number of carbonyl (C=O) groups excluding carboxylic acids is 1. The van der Waals surface area contributed by atoms with Crippen LogP contribution in [-0.2, 0) is 4.79 Å². The van der Waals surface area contributed by atoms with E-state index >= 15 is 0 Å². The van der Waals surface area contributed by atoms with Crippen LogP contribution in [0.5, 0.6) is 0 Å². The maximum atomic E-state index is 12.7. The van der Waals surface area contributed by atoms with E-state index in [4.69, 9.17) is 0 Å². The molecule has 1 N–H and O–H groups in total. The predicted octanol–water partition coefficient (Wildman–Crippen LogP) is 2.80. The number of nitrogens with zero attached hydrogens (tertiary/aromatic N) is 1. The second-order valence-corrected chi connectivity index (χ2v) is 6.88. The van der Waals surface area contributed by atoms with Crippen molar-refractivity contribution in [1.82, 2.24) is 10.2 Å². The molecule has 1 aliphatic carbocycles. The first-order chi connectivity index (χ1) is 9.00. The zero-order chi connectivity index (χ0) is 14.0. The largest absolute Gasteiger partial charge is 0.338 e. The topological polar surface area (TPSA) is 32.3 Å². The number of likely N-dealkylation sites (tertiary alicyclic amines) is 1. The van der Waals surface area contributed by atoms with Gasteiger partial charge in [0.2, 0.25) is 5.91 Å². The van der Waals surface area contributed by atoms with Crippen LogP contribution in [0.1, 0.15) is 59.8 Å². The Bertz CT molecular complexity index is 316. The molecule has 1 aliphatic heterocycles.